The van der Waals surface area contributed by atoms with Gasteiger partial charge in [0, 0.05) is 6.54 Å². The molecular weight excluding hydrogens is 363 g/mol. The van der Waals surface area contributed by atoms with Crippen LogP contribution in [0.5, 0.6) is 0 Å². The fraction of sp³-hybridized carbons (Fsp3) is 0.368. The molecule has 7 heteroatoms. The molecule has 26 heavy (non-hydrogen) atoms. The second kappa shape index (κ2) is 6.70. The van der Waals surface area contributed by atoms with Crippen LogP contribution in [0.1, 0.15) is 30.4 Å². The summed E-state index contributed by atoms with van der Waals surface area (Å²) in [5, 5.41) is 0. The highest BCUT2D eigenvalue weighted by atomic mass is 32.2. The molecule has 0 aromatic heterocycles. The molecule has 0 radical (unpaired) electrons. The monoisotopic (exact) mass is 383 g/mol. The van der Waals surface area contributed by atoms with Crippen molar-refractivity contribution in [2.75, 3.05) is 6.54 Å². The Morgan fingerprint density at radius 2 is 1.65 bits per heavy atom. The van der Waals surface area contributed by atoms with E-state index in [1.54, 1.807) is 42.5 Å². The Bertz CT molecular complexity index is 864. The van der Waals surface area contributed by atoms with Crippen LogP contribution >= 0.6 is 0 Å². The first-order valence-corrected chi connectivity index (χ1v) is 9.81. The number of alkyl halides is 3. The summed E-state index contributed by atoms with van der Waals surface area (Å²) in [6.07, 6.45) is -5.16. The van der Waals surface area contributed by atoms with Crippen molar-refractivity contribution < 1.29 is 21.6 Å². The summed E-state index contributed by atoms with van der Waals surface area (Å²) in [5.41, 5.74) is -0.344. The first kappa shape index (κ1) is 18.9. The molecule has 3 nitrogen and oxygen atoms in total. The second-order valence-corrected chi connectivity index (χ2v) is 8.55. The molecule has 140 valence electrons. The van der Waals surface area contributed by atoms with E-state index in [1.807, 2.05) is 6.92 Å². The summed E-state index contributed by atoms with van der Waals surface area (Å²) in [6, 6.07) is 14.3. The molecule has 2 aromatic rings. The van der Waals surface area contributed by atoms with Gasteiger partial charge in [0.1, 0.15) is 0 Å². The molecule has 1 atom stereocenters. The number of nitrogens with zero attached hydrogens (tertiary/aromatic N) is 1. The number of rotatable bonds is 4. The summed E-state index contributed by atoms with van der Waals surface area (Å²) in [6.45, 7) is 1.89. The Labute approximate surface area is 151 Å². The van der Waals surface area contributed by atoms with E-state index >= 15 is 0 Å². The molecule has 3 rings (SSSR count). The molecule has 0 amide bonds. The SMILES string of the molecule is Cc1ccc(S(=O)(=O)N2CCCC2(CC(F)(F)F)c2ccccc2)cc1. The second-order valence-electron chi connectivity index (χ2n) is 6.68. The molecule has 0 N–H and O–H groups in total. The quantitative estimate of drug-likeness (QED) is 0.772. The number of benzene rings is 2. The number of hydrogen-bond donors (Lipinski definition) is 0. The zero-order valence-electron chi connectivity index (χ0n) is 14.3. The zero-order chi connectivity index (χ0) is 19.0. The standard InChI is InChI=1S/C19H20F3NO2S/c1-15-8-10-17(11-9-15)26(24,25)23-13-5-12-18(23,14-19(20,21)22)16-6-3-2-4-7-16/h2-4,6-11H,5,12-14H2,1H3. The van der Waals surface area contributed by atoms with Crippen molar-refractivity contribution in [3.05, 3.63) is 65.7 Å². The predicted molar refractivity (Wildman–Crippen MR) is 93.1 cm³/mol. The molecule has 0 bridgehead atoms. The van der Waals surface area contributed by atoms with Gasteiger partial charge in [0.05, 0.1) is 16.9 Å². The third-order valence-corrected chi connectivity index (χ3v) is 6.82. The van der Waals surface area contributed by atoms with Crippen LogP contribution in [0, 0.1) is 6.92 Å². The largest absolute Gasteiger partial charge is 0.391 e. The maximum atomic E-state index is 13.4. The van der Waals surface area contributed by atoms with Crippen LogP contribution in [-0.2, 0) is 15.6 Å². The zero-order valence-corrected chi connectivity index (χ0v) is 15.1. The van der Waals surface area contributed by atoms with Gasteiger partial charge in [0.2, 0.25) is 10.0 Å². The van der Waals surface area contributed by atoms with Crippen LogP contribution in [0.25, 0.3) is 0 Å². The number of hydrogen-bond acceptors (Lipinski definition) is 2. The Morgan fingerprint density at radius 1 is 1.04 bits per heavy atom. The van der Waals surface area contributed by atoms with Crippen molar-refractivity contribution in [2.45, 2.75) is 42.8 Å². The Morgan fingerprint density at radius 3 is 2.23 bits per heavy atom. The van der Waals surface area contributed by atoms with Crippen LogP contribution in [0.15, 0.2) is 59.5 Å². The van der Waals surface area contributed by atoms with Crippen LogP contribution in [0.4, 0.5) is 13.2 Å². The van der Waals surface area contributed by atoms with Crippen molar-refractivity contribution in [1.82, 2.24) is 4.31 Å². The third kappa shape index (κ3) is 3.50. The van der Waals surface area contributed by atoms with Crippen LogP contribution in [-0.4, -0.2) is 25.4 Å². The lowest BCUT2D eigenvalue weighted by Crippen LogP contribution is -2.47. The van der Waals surface area contributed by atoms with Crippen LogP contribution in [0.2, 0.25) is 0 Å². The maximum Gasteiger partial charge on any atom is 0.391 e. The predicted octanol–water partition coefficient (Wildman–Crippen LogP) is 4.63. The molecule has 1 aliphatic rings. The minimum atomic E-state index is -4.48. The summed E-state index contributed by atoms with van der Waals surface area (Å²) in [5.74, 6) is 0. The van der Waals surface area contributed by atoms with E-state index in [1.165, 1.54) is 12.1 Å². The average molecular weight is 383 g/mol. The highest BCUT2D eigenvalue weighted by Crippen LogP contribution is 2.48. The van der Waals surface area contributed by atoms with Gasteiger partial charge in [-0.15, -0.1) is 0 Å². The lowest BCUT2D eigenvalue weighted by molar-refractivity contribution is -0.156. The minimum Gasteiger partial charge on any atom is -0.207 e. The van der Waals surface area contributed by atoms with Crippen molar-refractivity contribution >= 4 is 10.0 Å². The van der Waals surface area contributed by atoms with Gasteiger partial charge in [-0.2, -0.15) is 17.5 Å². The molecule has 0 aliphatic carbocycles. The molecule has 1 heterocycles. The van der Waals surface area contributed by atoms with Gasteiger partial charge in [-0.1, -0.05) is 48.0 Å². The fourth-order valence-corrected chi connectivity index (χ4v) is 5.51. The smallest absolute Gasteiger partial charge is 0.207 e. The first-order chi connectivity index (χ1) is 12.2. The minimum absolute atomic E-state index is 0.0208. The van der Waals surface area contributed by atoms with E-state index in [0.717, 1.165) is 9.87 Å². The number of halogens is 3. The molecule has 1 unspecified atom stereocenters. The highest BCUT2D eigenvalue weighted by Gasteiger charge is 2.54. The Hall–Kier alpha value is -1.86. The van der Waals surface area contributed by atoms with Crippen molar-refractivity contribution in [3.8, 4) is 0 Å². The van der Waals surface area contributed by atoms with Crippen molar-refractivity contribution in [3.63, 3.8) is 0 Å². The molecule has 1 aliphatic heterocycles. The molecule has 1 saturated heterocycles. The van der Waals surface area contributed by atoms with E-state index < -0.39 is 28.2 Å². The highest BCUT2D eigenvalue weighted by molar-refractivity contribution is 7.89. The van der Waals surface area contributed by atoms with Gasteiger partial charge in [0.15, 0.2) is 0 Å². The Kier molecular flexibility index (Phi) is 4.88. The molecule has 2 aromatic carbocycles. The van der Waals surface area contributed by atoms with Crippen LogP contribution < -0.4 is 0 Å². The van der Waals surface area contributed by atoms with Crippen LogP contribution in [0.3, 0.4) is 0 Å². The fourth-order valence-electron chi connectivity index (χ4n) is 3.69. The molecular formula is C19H20F3NO2S. The van der Waals surface area contributed by atoms with Gasteiger partial charge in [0.25, 0.3) is 0 Å². The summed E-state index contributed by atoms with van der Waals surface area (Å²) in [7, 11) is -4.05. The average Bonchev–Trinajstić information content (AvgIpc) is 3.00. The normalized spacial score (nSPS) is 21.8. The maximum absolute atomic E-state index is 13.4. The summed E-state index contributed by atoms with van der Waals surface area (Å²) >= 11 is 0. The van der Waals surface area contributed by atoms with Crippen molar-refractivity contribution in [1.29, 1.82) is 0 Å². The molecule has 0 saturated carbocycles. The van der Waals surface area contributed by atoms with Gasteiger partial charge in [-0.05, 0) is 37.5 Å². The Balaban J connectivity index is 2.13. The van der Waals surface area contributed by atoms with E-state index in [4.69, 9.17) is 0 Å². The van der Waals surface area contributed by atoms with Gasteiger partial charge in [-0.3, -0.25) is 0 Å². The first-order valence-electron chi connectivity index (χ1n) is 8.37. The molecule has 0 spiro atoms. The van der Waals surface area contributed by atoms with E-state index in [-0.39, 0.29) is 17.9 Å². The third-order valence-electron chi connectivity index (χ3n) is 4.84. The number of sulfonamides is 1. The van der Waals surface area contributed by atoms with E-state index in [0.29, 0.717) is 12.0 Å². The van der Waals surface area contributed by atoms with E-state index in [2.05, 4.69) is 0 Å². The molecule has 1 fully saturated rings. The lowest BCUT2D eigenvalue weighted by atomic mass is 9.85. The van der Waals surface area contributed by atoms with Crippen molar-refractivity contribution in [2.24, 2.45) is 0 Å². The summed E-state index contributed by atoms with van der Waals surface area (Å²) in [4.78, 5) is 0.0208. The topological polar surface area (TPSA) is 37.4 Å². The van der Waals surface area contributed by atoms with Gasteiger partial charge >= 0.3 is 6.18 Å². The van der Waals surface area contributed by atoms with Gasteiger partial charge in [-0.25, -0.2) is 8.42 Å². The van der Waals surface area contributed by atoms with Gasteiger partial charge < -0.3 is 0 Å². The summed E-state index contributed by atoms with van der Waals surface area (Å²) < 4.78 is 67.7. The number of aryl methyl sites for hydroxylation is 1. The lowest BCUT2D eigenvalue weighted by Gasteiger charge is -2.38. The van der Waals surface area contributed by atoms with E-state index in [9.17, 15) is 21.6 Å².